The van der Waals surface area contributed by atoms with Gasteiger partial charge in [0, 0.05) is 24.9 Å². The summed E-state index contributed by atoms with van der Waals surface area (Å²) in [7, 11) is 0. The Morgan fingerprint density at radius 3 is 2.27 bits per heavy atom. The number of halogens is 2. The van der Waals surface area contributed by atoms with Gasteiger partial charge in [0.25, 0.3) is 0 Å². The van der Waals surface area contributed by atoms with E-state index in [0.717, 1.165) is 25.7 Å². The second-order valence-corrected chi connectivity index (χ2v) is 5.67. The Morgan fingerprint density at radius 2 is 1.73 bits per heavy atom. The minimum atomic E-state index is -0.379. The van der Waals surface area contributed by atoms with Crippen molar-refractivity contribution in [3.8, 4) is 0 Å². The summed E-state index contributed by atoms with van der Waals surface area (Å²) >= 11 is 0. The number of nitrogens with one attached hydrogen (secondary N) is 1. The fourth-order valence-electron chi connectivity index (χ4n) is 2.80. The molecule has 2 rings (SSSR count). The van der Waals surface area contributed by atoms with Gasteiger partial charge < -0.3 is 11.1 Å². The van der Waals surface area contributed by atoms with Gasteiger partial charge in [-0.2, -0.15) is 0 Å². The third-order valence-corrected chi connectivity index (χ3v) is 4.10. The molecule has 0 heterocycles. The van der Waals surface area contributed by atoms with Crippen LogP contribution in [0.2, 0.25) is 0 Å². The standard InChI is InChI=1S/C16H21FN2O2.ClH/c17-13-5-3-12(4-6-13)14(20)7-8-15(21)19-16(11-18)9-1-2-10-16;/h3-6H,1-2,7-11,18H2,(H,19,21);1H. The number of ketones is 1. The molecule has 0 bridgehead atoms. The van der Waals surface area contributed by atoms with Crippen molar-refractivity contribution in [2.24, 2.45) is 5.73 Å². The molecule has 0 atom stereocenters. The van der Waals surface area contributed by atoms with Gasteiger partial charge in [0.2, 0.25) is 5.91 Å². The van der Waals surface area contributed by atoms with Crippen LogP contribution in [0.1, 0.15) is 48.9 Å². The summed E-state index contributed by atoms with van der Waals surface area (Å²) in [6, 6.07) is 5.37. The molecule has 0 aromatic heterocycles. The van der Waals surface area contributed by atoms with E-state index < -0.39 is 0 Å². The fourth-order valence-corrected chi connectivity index (χ4v) is 2.80. The highest BCUT2D eigenvalue weighted by Gasteiger charge is 2.33. The van der Waals surface area contributed by atoms with Crippen LogP contribution in [0.4, 0.5) is 4.39 Å². The first-order chi connectivity index (χ1) is 10.0. The summed E-state index contributed by atoms with van der Waals surface area (Å²) in [5.74, 6) is -0.674. The number of carbonyl (C=O) groups excluding carboxylic acids is 2. The van der Waals surface area contributed by atoms with E-state index in [9.17, 15) is 14.0 Å². The summed E-state index contributed by atoms with van der Waals surface area (Å²) < 4.78 is 12.8. The summed E-state index contributed by atoms with van der Waals surface area (Å²) in [5.41, 5.74) is 5.91. The molecular formula is C16H22ClFN2O2. The number of nitrogens with two attached hydrogens (primary N) is 1. The van der Waals surface area contributed by atoms with Crippen molar-refractivity contribution in [2.45, 2.75) is 44.1 Å². The molecule has 1 amide bonds. The molecule has 1 aromatic rings. The van der Waals surface area contributed by atoms with Crippen LogP contribution < -0.4 is 11.1 Å². The SMILES string of the molecule is Cl.NCC1(NC(=O)CCC(=O)c2ccc(F)cc2)CCCC1. The highest BCUT2D eigenvalue weighted by atomic mass is 35.5. The van der Waals surface area contributed by atoms with Gasteiger partial charge in [0.05, 0.1) is 5.54 Å². The molecule has 3 N–H and O–H groups in total. The van der Waals surface area contributed by atoms with Crippen LogP contribution in [-0.4, -0.2) is 23.8 Å². The van der Waals surface area contributed by atoms with E-state index in [1.165, 1.54) is 24.3 Å². The Hall–Kier alpha value is -1.46. The topological polar surface area (TPSA) is 72.2 Å². The number of hydrogen-bond donors (Lipinski definition) is 2. The Balaban J connectivity index is 0.00000242. The number of benzene rings is 1. The average molecular weight is 329 g/mol. The van der Waals surface area contributed by atoms with Gasteiger partial charge in [-0.1, -0.05) is 12.8 Å². The van der Waals surface area contributed by atoms with E-state index in [2.05, 4.69) is 5.32 Å². The molecule has 1 aliphatic carbocycles. The van der Waals surface area contributed by atoms with E-state index in [4.69, 9.17) is 5.73 Å². The Labute approximate surface area is 136 Å². The van der Waals surface area contributed by atoms with Gasteiger partial charge in [-0.3, -0.25) is 9.59 Å². The van der Waals surface area contributed by atoms with Crippen LogP contribution in [0.3, 0.4) is 0 Å². The minimum Gasteiger partial charge on any atom is -0.349 e. The zero-order valence-electron chi connectivity index (χ0n) is 12.4. The normalized spacial score (nSPS) is 15.9. The number of carbonyl (C=O) groups is 2. The largest absolute Gasteiger partial charge is 0.349 e. The molecule has 1 aromatic carbocycles. The van der Waals surface area contributed by atoms with E-state index >= 15 is 0 Å². The molecule has 22 heavy (non-hydrogen) atoms. The molecule has 0 unspecified atom stereocenters. The third-order valence-electron chi connectivity index (χ3n) is 4.10. The highest BCUT2D eigenvalue weighted by Crippen LogP contribution is 2.28. The van der Waals surface area contributed by atoms with Gasteiger partial charge in [-0.05, 0) is 37.1 Å². The first-order valence-electron chi connectivity index (χ1n) is 7.34. The maximum atomic E-state index is 12.8. The van der Waals surface area contributed by atoms with Crippen molar-refractivity contribution in [1.82, 2.24) is 5.32 Å². The second kappa shape index (κ2) is 8.25. The minimum absolute atomic E-state index is 0. The summed E-state index contributed by atoms with van der Waals surface area (Å²) in [4.78, 5) is 23.9. The number of hydrogen-bond acceptors (Lipinski definition) is 3. The Morgan fingerprint density at radius 1 is 1.14 bits per heavy atom. The fraction of sp³-hybridized carbons (Fsp3) is 0.500. The zero-order chi connectivity index (χ0) is 15.3. The molecular weight excluding hydrogens is 307 g/mol. The lowest BCUT2D eigenvalue weighted by molar-refractivity contribution is -0.122. The zero-order valence-corrected chi connectivity index (χ0v) is 13.3. The lowest BCUT2D eigenvalue weighted by Gasteiger charge is -2.28. The lowest BCUT2D eigenvalue weighted by Crippen LogP contribution is -2.51. The van der Waals surface area contributed by atoms with Crippen molar-refractivity contribution in [3.05, 3.63) is 35.6 Å². The van der Waals surface area contributed by atoms with E-state index in [1.807, 2.05) is 0 Å². The van der Waals surface area contributed by atoms with Crippen molar-refractivity contribution >= 4 is 24.1 Å². The second-order valence-electron chi connectivity index (χ2n) is 5.67. The summed E-state index contributed by atoms with van der Waals surface area (Å²) in [5, 5.41) is 2.98. The molecule has 6 heteroatoms. The molecule has 1 aliphatic rings. The molecule has 4 nitrogen and oxygen atoms in total. The monoisotopic (exact) mass is 328 g/mol. The molecule has 122 valence electrons. The Kier molecular flexibility index (Phi) is 6.97. The number of amides is 1. The van der Waals surface area contributed by atoms with Crippen LogP contribution in [0.5, 0.6) is 0 Å². The molecule has 1 fully saturated rings. The van der Waals surface area contributed by atoms with Gasteiger partial charge in [0.1, 0.15) is 5.82 Å². The predicted octanol–water partition coefficient (Wildman–Crippen LogP) is 2.60. The van der Waals surface area contributed by atoms with Crippen molar-refractivity contribution in [2.75, 3.05) is 6.54 Å². The van der Waals surface area contributed by atoms with Crippen LogP contribution >= 0.6 is 12.4 Å². The van der Waals surface area contributed by atoms with Crippen LogP contribution in [-0.2, 0) is 4.79 Å². The number of rotatable bonds is 6. The average Bonchev–Trinajstić information content (AvgIpc) is 2.94. The van der Waals surface area contributed by atoms with Crippen molar-refractivity contribution < 1.29 is 14.0 Å². The van der Waals surface area contributed by atoms with Gasteiger partial charge in [-0.15, -0.1) is 12.4 Å². The molecule has 0 saturated heterocycles. The lowest BCUT2D eigenvalue weighted by atomic mass is 9.97. The van der Waals surface area contributed by atoms with E-state index in [1.54, 1.807) is 0 Å². The van der Waals surface area contributed by atoms with Crippen LogP contribution in [0.25, 0.3) is 0 Å². The molecule has 1 saturated carbocycles. The predicted molar refractivity (Wildman–Crippen MR) is 85.6 cm³/mol. The molecule has 0 spiro atoms. The smallest absolute Gasteiger partial charge is 0.220 e. The first kappa shape index (κ1) is 18.6. The highest BCUT2D eigenvalue weighted by molar-refractivity contribution is 5.97. The van der Waals surface area contributed by atoms with Gasteiger partial charge in [-0.25, -0.2) is 4.39 Å². The van der Waals surface area contributed by atoms with Gasteiger partial charge in [0.15, 0.2) is 5.78 Å². The van der Waals surface area contributed by atoms with Crippen molar-refractivity contribution in [3.63, 3.8) is 0 Å². The quantitative estimate of drug-likeness (QED) is 0.788. The number of Topliss-reactive ketones (excluding diaryl/α,β-unsaturated/α-hetero) is 1. The third kappa shape index (κ3) is 4.78. The molecule has 0 aliphatic heterocycles. The summed E-state index contributed by atoms with van der Waals surface area (Å²) in [6.07, 6.45) is 4.22. The first-order valence-corrected chi connectivity index (χ1v) is 7.34. The van der Waals surface area contributed by atoms with Crippen LogP contribution in [0.15, 0.2) is 24.3 Å². The maximum Gasteiger partial charge on any atom is 0.220 e. The maximum absolute atomic E-state index is 12.8. The molecule has 0 radical (unpaired) electrons. The Bertz CT molecular complexity index is 513. The van der Waals surface area contributed by atoms with E-state index in [0.29, 0.717) is 12.1 Å². The van der Waals surface area contributed by atoms with E-state index in [-0.39, 0.29) is 48.3 Å². The summed E-state index contributed by atoms with van der Waals surface area (Å²) in [6.45, 7) is 0.435. The van der Waals surface area contributed by atoms with Crippen molar-refractivity contribution in [1.29, 1.82) is 0 Å². The van der Waals surface area contributed by atoms with Crippen LogP contribution in [0, 0.1) is 5.82 Å². The van der Waals surface area contributed by atoms with Gasteiger partial charge >= 0.3 is 0 Å².